The second-order valence-electron chi connectivity index (χ2n) is 3.30. The van der Waals surface area contributed by atoms with Gasteiger partial charge in [-0.2, -0.15) is 0 Å². The number of hydrogen-bond acceptors (Lipinski definition) is 0. The average molecular weight is 255 g/mol. The van der Waals surface area contributed by atoms with Crippen LogP contribution in [-0.2, 0) is 0 Å². The van der Waals surface area contributed by atoms with Crippen molar-refractivity contribution in [3.63, 3.8) is 0 Å². The van der Waals surface area contributed by atoms with E-state index >= 15 is 0 Å². The van der Waals surface area contributed by atoms with Crippen LogP contribution in [-0.4, -0.2) is 29.2 Å². The van der Waals surface area contributed by atoms with E-state index in [1.54, 1.807) is 0 Å². The van der Waals surface area contributed by atoms with Crippen molar-refractivity contribution < 1.29 is 25.7 Å². The fourth-order valence-corrected chi connectivity index (χ4v) is 2.45. The van der Waals surface area contributed by atoms with Crippen molar-refractivity contribution in [2.75, 3.05) is 18.6 Å². The van der Waals surface area contributed by atoms with E-state index in [-0.39, 0.29) is 21.2 Å². The maximum atomic E-state index is 3.76. The fraction of sp³-hybridized carbons (Fsp3) is 0.750. The zero-order valence-electron chi connectivity index (χ0n) is 7.39. The molecule has 0 aromatic carbocycles. The Morgan fingerprint density at radius 1 is 1.50 bits per heavy atom. The molecule has 0 bridgehead atoms. The Labute approximate surface area is 75.0 Å². The van der Waals surface area contributed by atoms with Crippen LogP contribution in [0.15, 0.2) is 10.7 Å². The van der Waals surface area contributed by atoms with Crippen LogP contribution in [0.1, 0.15) is 13.8 Å². The zero-order chi connectivity index (χ0) is 8.20. The molecular weight excluding hydrogens is 237 g/mol. The first-order valence-electron chi connectivity index (χ1n) is 3.52. The van der Waals surface area contributed by atoms with Gasteiger partial charge in [0.05, 0.1) is 0 Å². The molecule has 0 aromatic heterocycles. The van der Waals surface area contributed by atoms with Gasteiger partial charge in [-0.3, -0.25) is 0 Å². The van der Waals surface area contributed by atoms with E-state index in [2.05, 4.69) is 38.6 Å². The minimum absolute atomic E-state index is 0.241. The predicted octanol–water partition coefficient (Wildman–Crippen LogP) is -1.34. The van der Waals surface area contributed by atoms with Crippen molar-refractivity contribution in [2.24, 2.45) is 0 Å². The van der Waals surface area contributed by atoms with Gasteiger partial charge in [0, 0.05) is 0 Å². The van der Waals surface area contributed by atoms with Gasteiger partial charge in [-0.1, -0.05) is 0 Å². The molecule has 0 radical (unpaired) electrons. The quantitative estimate of drug-likeness (QED) is 0.252. The third kappa shape index (κ3) is 3.56. The summed E-state index contributed by atoms with van der Waals surface area (Å²) in [7, 11) is 4.57. The van der Waals surface area contributed by atoms with E-state index in [0.717, 1.165) is 10.5 Å². The van der Waals surface area contributed by atoms with Crippen molar-refractivity contribution in [3.05, 3.63) is 10.7 Å². The SMILES string of the molecule is C=C[I-]C[N+](C)(C)C(C)C. The van der Waals surface area contributed by atoms with Crippen LogP contribution in [0.4, 0.5) is 0 Å². The number of alkyl halides is 1. The van der Waals surface area contributed by atoms with E-state index in [0.29, 0.717) is 0 Å². The van der Waals surface area contributed by atoms with E-state index in [1.165, 1.54) is 4.55 Å². The molecule has 62 valence electrons. The second kappa shape index (κ2) is 4.34. The molecule has 0 atom stereocenters. The summed E-state index contributed by atoms with van der Waals surface area (Å²) in [5.74, 6) is 0. The third-order valence-electron chi connectivity index (χ3n) is 1.88. The predicted molar refractivity (Wildman–Crippen MR) is 42.3 cm³/mol. The molecule has 1 nitrogen and oxygen atoms in total. The van der Waals surface area contributed by atoms with Crippen LogP contribution in [0.25, 0.3) is 0 Å². The van der Waals surface area contributed by atoms with Gasteiger partial charge < -0.3 is 0 Å². The average Bonchev–Trinajstić information content (AvgIpc) is 1.84. The Morgan fingerprint density at radius 2 is 2.00 bits per heavy atom. The molecule has 0 aliphatic rings. The molecule has 2 heteroatoms. The summed E-state index contributed by atoms with van der Waals surface area (Å²) >= 11 is 0.241. The molecule has 0 saturated carbocycles. The van der Waals surface area contributed by atoms with Gasteiger partial charge in [0.2, 0.25) is 0 Å². The van der Waals surface area contributed by atoms with E-state index < -0.39 is 0 Å². The molecule has 0 aromatic rings. The van der Waals surface area contributed by atoms with Crippen molar-refractivity contribution in [2.45, 2.75) is 19.9 Å². The van der Waals surface area contributed by atoms with Gasteiger partial charge in [0.1, 0.15) is 0 Å². The summed E-state index contributed by atoms with van der Waals surface area (Å²) in [6.07, 6.45) is 0. The standard InChI is InChI=1S/C8H18IN/c1-6-9-7-10(4,5)8(2)3/h6,8H,1,7H2,2-5H3. The molecule has 0 unspecified atom stereocenters. The van der Waals surface area contributed by atoms with Gasteiger partial charge >= 0.3 is 74.9 Å². The summed E-state index contributed by atoms with van der Waals surface area (Å²) in [6.45, 7) is 8.30. The molecule has 0 spiro atoms. The van der Waals surface area contributed by atoms with Crippen molar-refractivity contribution in [3.8, 4) is 0 Å². The van der Waals surface area contributed by atoms with Gasteiger partial charge in [-0.25, -0.2) is 0 Å². The Morgan fingerprint density at radius 3 is 2.30 bits per heavy atom. The normalized spacial score (nSPS) is 12.5. The van der Waals surface area contributed by atoms with Gasteiger partial charge in [-0.15, -0.1) is 0 Å². The van der Waals surface area contributed by atoms with E-state index in [9.17, 15) is 0 Å². The van der Waals surface area contributed by atoms with Crippen LogP contribution in [0.3, 0.4) is 0 Å². The van der Waals surface area contributed by atoms with E-state index in [1.807, 2.05) is 0 Å². The molecule has 0 saturated heterocycles. The summed E-state index contributed by atoms with van der Waals surface area (Å²) in [4.78, 5) is 0. The van der Waals surface area contributed by atoms with Crippen LogP contribution >= 0.6 is 0 Å². The third-order valence-corrected chi connectivity index (χ3v) is 4.66. The number of rotatable bonds is 4. The monoisotopic (exact) mass is 255 g/mol. The van der Waals surface area contributed by atoms with Crippen molar-refractivity contribution in [1.82, 2.24) is 0 Å². The molecule has 0 heterocycles. The number of hydrogen-bond donors (Lipinski definition) is 0. The molecule has 0 N–H and O–H groups in total. The molecule has 0 amide bonds. The Hall–Kier alpha value is 0.430. The van der Waals surface area contributed by atoms with Crippen LogP contribution in [0.2, 0.25) is 0 Å². The Balaban J connectivity index is 3.74. The number of nitrogens with zero attached hydrogens (tertiary/aromatic N) is 1. The first-order chi connectivity index (χ1) is 4.50. The molecule has 0 fully saturated rings. The van der Waals surface area contributed by atoms with Gasteiger partial charge in [0.25, 0.3) is 0 Å². The van der Waals surface area contributed by atoms with Crippen LogP contribution in [0.5, 0.6) is 0 Å². The summed E-state index contributed by atoms with van der Waals surface area (Å²) < 4.78 is 4.54. The van der Waals surface area contributed by atoms with Gasteiger partial charge in [0.15, 0.2) is 0 Å². The second-order valence-corrected chi connectivity index (χ2v) is 5.74. The summed E-state index contributed by atoms with van der Waals surface area (Å²) in [5.41, 5.74) is 0. The molecule has 10 heavy (non-hydrogen) atoms. The van der Waals surface area contributed by atoms with Crippen LogP contribution in [0, 0.1) is 0 Å². The first-order valence-corrected chi connectivity index (χ1v) is 6.29. The van der Waals surface area contributed by atoms with Crippen LogP contribution < -0.4 is 21.2 Å². The van der Waals surface area contributed by atoms with E-state index in [4.69, 9.17) is 0 Å². The Bertz CT molecular complexity index is 108. The van der Waals surface area contributed by atoms with Crippen molar-refractivity contribution >= 4 is 0 Å². The minimum atomic E-state index is 0.241. The molecule has 0 aliphatic heterocycles. The topological polar surface area (TPSA) is 0 Å². The maximum absolute atomic E-state index is 3.76. The number of quaternary nitrogens is 1. The zero-order valence-corrected chi connectivity index (χ0v) is 9.55. The molecule has 0 rings (SSSR count). The van der Waals surface area contributed by atoms with Gasteiger partial charge in [-0.05, 0) is 0 Å². The summed E-state index contributed by atoms with van der Waals surface area (Å²) in [6, 6.07) is 0.736. The van der Waals surface area contributed by atoms with Crippen molar-refractivity contribution in [1.29, 1.82) is 0 Å². The molecule has 0 aliphatic carbocycles. The Kier molecular flexibility index (Phi) is 4.52. The fourth-order valence-electron chi connectivity index (χ4n) is 0.365. The first kappa shape index (κ1) is 10.4. The molecular formula is C8H18IN. The number of halogens is 1. The summed E-state index contributed by atoms with van der Waals surface area (Å²) in [5, 5.41) is 0.